The SMILES string of the molecule is C#CCNC(=NC)NCC(C)O. The molecule has 1 atom stereocenters. The van der Waals surface area contributed by atoms with E-state index in [4.69, 9.17) is 11.5 Å². The Kier molecular flexibility index (Phi) is 5.84. The lowest BCUT2D eigenvalue weighted by Gasteiger charge is -2.10. The molecule has 0 rings (SSSR count). The minimum Gasteiger partial charge on any atom is -0.392 e. The third-order valence-corrected chi connectivity index (χ3v) is 1.15. The maximum Gasteiger partial charge on any atom is 0.191 e. The number of hydrogen-bond donors (Lipinski definition) is 3. The number of nitrogens with one attached hydrogen (secondary N) is 2. The lowest BCUT2D eigenvalue weighted by Crippen LogP contribution is -2.40. The number of guanidine groups is 1. The lowest BCUT2D eigenvalue weighted by molar-refractivity contribution is 0.197. The third kappa shape index (κ3) is 5.57. The molecule has 0 aromatic carbocycles. The largest absolute Gasteiger partial charge is 0.392 e. The Morgan fingerprint density at radius 3 is 2.75 bits per heavy atom. The Morgan fingerprint density at radius 1 is 1.67 bits per heavy atom. The third-order valence-electron chi connectivity index (χ3n) is 1.15. The van der Waals surface area contributed by atoms with E-state index in [1.54, 1.807) is 14.0 Å². The van der Waals surface area contributed by atoms with Crippen molar-refractivity contribution in [2.24, 2.45) is 4.99 Å². The summed E-state index contributed by atoms with van der Waals surface area (Å²) in [6.45, 7) is 2.59. The standard InChI is InChI=1S/C8H15N3O/c1-4-5-10-8(9-3)11-6-7(2)12/h1,7,12H,5-6H2,2-3H3,(H2,9,10,11). The summed E-state index contributed by atoms with van der Waals surface area (Å²) in [5.41, 5.74) is 0. The fraction of sp³-hybridized carbons (Fsp3) is 0.625. The number of terminal acetylenes is 1. The Morgan fingerprint density at radius 2 is 2.33 bits per heavy atom. The Bertz CT molecular complexity index is 181. The van der Waals surface area contributed by atoms with Gasteiger partial charge in [0.05, 0.1) is 12.6 Å². The summed E-state index contributed by atoms with van der Waals surface area (Å²) in [7, 11) is 1.65. The highest BCUT2D eigenvalue weighted by Crippen LogP contribution is 1.74. The van der Waals surface area contributed by atoms with Crippen LogP contribution in [0.2, 0.25) is 0 Å². The van der Waals surface area contributed by atoms with Gasteiger partial charge in [-0.3, -0.25) is 4.99 Å². The van der Waals surface area contributed by atoms with Gasteiger partial charge in [0.1, 0.15) is 0 Å². The van der Waals surface area contributed by atoms with E-state index in [0.717, 1.165) is 0 Å². The average Bonchev–Trinajstić information content (AvgIpc) is 2.05. The highest BCUT2D eigenvalue weighted by molar-refractivity contribution is 5.79. The second-order valence-electron chi connectivity index (χ2n) is 2.36. The highest BCUT2D eigenvalue weighted by atomic mass is 16.3. The zero-order valence-electron chi connectivity index (χ0n) is 7.46. The Balaban J connectivity index is 3.64. The molecular weight excluding hydrogens is 154 g/mol. The maximum absolute atomic E-state index is 8.94. The lowest BCUT2D eigenvalue weighted by atomic mass is 10.4. The van der Waals surface area contributed by atoms with E-state index in [-0.39, 0.29) is 0 Å². The number of hydrogen-bond acceptors (Lipinski definition) is 2. The summed E-state index contributed by atoms with van der Waals surface area (Å²) in [6.07, 6.45) is 4.65. The summed E-state index contributed by atoms with van der Waals surface area (Å²) in [6, 6.07) is 0. The quantitative estimate of drug-likeness (QED) is 0.293. The first kappa shape index (κ1) is 10.8. The number of aliphatic hydroxyl groups is 1. The van der Waals surface area contributed by atoms with Crippen molar-refractivity contribution in [3.8, 4) is 12.3 Å². The molecule has 68 valence electrons. The van der Waals surface area contributed by atoms with Gasteiger partial charge < -0.3 is 15.7 Å². The molecule has 4 heteroatoms. The van der Waals surface area contributed by atoms with Gasteiger partial charge in [-0.2, -0.15) is 0 Å². The minimum absolute atomic E-state index is 0.394. The van der Waals surface area contributed by atoms with Crippen LogP contribution in [0.25, 0.3) is 0 Å². The number of aliphatic hydroxyl groups excluding tert-OH is 1. The van der Waals surface area contributed by atoms with Crippen LogP contribution in [0.1, 0.15) is 6.92 Å². The molecule has 1 unspecified atom stereocenters. The first-order chi connectivity index (χ1) is 5.70. The van der Waals surface area contributed by atoms with Crippen LogP contribution in [0.3, 0.4) is 0 Å². The van der Waals surface area contributed by atoms with E-state index in [0.29, 0.717) is 19.0 Å². The molecule has 0 aliphatic rings. The minimum atomic E-state index is -0.394. The fourth-order valence-corrected chi connectivity index (χ4v) is 0.600. The van der Waals surface area contributed by atoms with Gasteiger partial charge in [-0.05, 0) is 6.92 Å². The predicted octanol–water partition coefficient (Wildman–Crippen LogP) is -0.835. The first-order valence-electron chi connectivity index (χ1n) is 3.76. The van der Waals surface area contributed by atoms with Gasteiger partial charge >= 0.3 is 0 Å². The highest BCUT2D eigenvalue weighted by Gasteiger charge is 1.97. The molecule has 0 saturated carbocycles. The molecule has 0 aromatic heterocycles. The molecule has 3 N–H and O–H groups in total. The van der Waals surface area contributed by atoms with Crippen LogP contribution < -0.4 is 10.6 Å². The molecule has 0 aliphatic carbocycles. The van der Waals surface area contributed by atoms with Gasteiger partial charge in [0.25, 0.3) is 0 Å². The molecule has 4 nitrogen and oxygen atoms in total. The molecule has 0 radical (unpaired) electrons. The van der Waals surface area contributed by atoms with Crippen molar-refractivity contribution in [3.63, 3.8) is 0 Å². The Hall–Kier alpha value is -1.21. The van der Waals surface area contributed by atoms with Gasteiger partial charge in [-0.1, -0.05) is 5.92 Å². The van der Waals surface area contributed by atoms with Crippen LogP contribution in [-0.4, -0.2) is 37.3 Å². The van der Waals surface area contributed by atoms with Crippen LogP contribution in [0, 0.1) is 12.3 Å². The molecule has 0 amide bonds. The van der Waals surface area contributed by atoms with Crippen molar-refractivity contribution in [3.05, 3.63) is 0 Å². The maximum atomic E-state index is 8.94. The summed E-state index contributed by atoms with van der Waals surface area (Å²) < 4.78 is 0. The second-order valence-corrected chi connectivity index (χ2v) is 2.36. The van der Waals surface area contributed by atoms with Gasteiger partial charge in [-0.25, -0.2) is 0 Å². The molecule has 0 aliphatic heterocycles. The van der Waals surface area contributed by atoms with Crippen LogP contribution in [0.4, 0.5) is 0 Å². The Labute approximate surface area is 73.1 Å². The second kappa shape index (κ2) is 6.50. The number of aliphatic imine (C=N–C) groups is 1. The van der Waals surface area contributed by atoms with Crippen LogP contribution >= 0.6 is 0 Å². The first-order valence-corrected chi connectivity index (χ1v) is 3.76. The van der Waals surface area contributed by atoms with Crippen molar-refractivity contribution >= 4 is 5.96 Å². The topological polar surface area (TPSA) is 56.7 Å². The van der Waals surface area contributed by atoms with Crippen molar-refractivity contribution in [1.82, 2.24) is 10.6 Å². The summed E-state index contributed by atoms with van der Waals surface area (Å²) in [4.78, 5) is 3.89. The van der Waals surface area contributed by atoms with E-state index in [9.17, 15) is 0 Å². The normalized spacial score (nSPS) is 13.3. The van der Waals surface area contributed by atoms with Crippen molar-refractivity contribution < 1.29 is 5.11 Å². The van der Waals surface area contributed by atoms with Crippen LogP contribution in [0.5, 0.6) is 0 Å². The zero-order chi connectivity index (χ0) is 9.40. The molecule has 0 spiro atoms. The van der Waals surface area contributed by atoms with Crippen molar-refractivity contribution in [2.75, 3.05) is 20.1 Å². The molecular formula is C8H15N3O. The van der Waals surface area contributed by atoms with Gasteiger partial charge in [0, 0.05) is 13.6 Å². The molecule has 0 bridgehead atoms. The van der Waals surface area contributed by atoms with Gasteiger partial charge in [0.15, 0.2) is 5.96 Å². The molecule has 0 saturated heterocycles. The van der Waals surface area contributed by atoms with Crippen molar-refractivity contribution in [1.29, 1.82) is 0 Å². The van der Waals surface area contributed by atoms with E-state index in [1.807, 2.05) is 0 Å². The number of nitrogens with zero attached hydrogens (tertiary/aromatic N) is 1. The van der Waals surface area contributed by atoms with E-state index in [2.05, 4.69) is 21.5 Å². The molecule has 0 heterocycles. The average molecular weight is 169 g/mol. The van der Waals surface area contributed by atoms with Crippen molar-refractivity contribution in [2.45, 2.75) is 13.0 Å². The molecule has 0 fully saturated rings. The summed E-state index contributed by atoms with van der Waals surface area (Å²) >= 11 is 0. The smallest absolute Gasteiger partial charge is 0.191 e. The molecule has 12 heavy (non-hydrogen) atoms. The monoisotopic (exact) mass is 169 g/mol. The van der Waals surface area contributed by atoms with Crippen LogP contribution in [-0.2, 0) is 0 Å². The van der Waals surface area contributed by atoms with Crippen LogP contribution in [0.15, 0.2) is 4.99 Å². The fourth-order valence-electron chi connectivity index (χ4n) is 0.600. The predicted molar refractivity (Wildman–Crippen MR) is 49.9 cm³/mol. The molecule has 0 aromatic rings. The van der Waals surface area contributed by atoms with E-state index in [1.165, 1.54) is 0 Å². The summed E-state index contributed by atoms with van der Waals surface area (Å²) in [5.74, 6) is 3.03. The van der Waals surface area contributed by atoms with Gasteiger partial charge in [-0.15, -0.1) is 6.42 Å². The van der Waals surface area contributed by atoms with E-state index >= 15 is 0 Å². The number of rotatable bonds is 3. The summed E-state index contributed by atoms with van der Waals surface area (Å²) in [5, 5.41) is 14.7. The van der Waals surface area contributed by atoms with Gasteiger partial charge in [0.2, 0.25) is 0 Å². The zero-order valence-corrected chi connectivity index (χ0v) is 7.46. The van der Waals surface area contributed by atoms with E-state index < -0.39 is 6.10 Å².